The summed E-state index contributed by atoms with van der Waals surface area (Å²) in [7, 11) is 0. The van der Waals surface area contributed by atoms with Crippen LogP contribution in [0.4, 0.5) is 0 Å². The lowest BCUT2D eigenvalue weighted by molar-refractivity contribution is 0.795. The predicted octanol–water partition coefficient (Wildman–Crippen LogP) is 4.98. The van der Waals surface area contributed by atoms with Gasteiger partial charge < -0.3 is 0 Å². The summed E-state index contributed by atoms with van der Waals surface area (Å²) in [5.41, 5.74) is 1.46. The Kier molecular flexibility index (Phi) is 6.98. The normalized spacial score (nSPS) is 14.5. The first-order chi connectivity index (χ1) is 7.43. The summed E-state index contributed by atoms with van der Waals surface area (Å²) < 4.78 is 0. The fourth-order valence-corrected chi connectivity index (χ4v) is 1.91. The van der Waals surface area contributed by atoms with E-state index in [0.717, 1.165) is 0 Å². The van der Waals surface area contributed by atoms with Gasteiger partial charge in [0, 0.05) is 0 Å². The van der Waals surface area contributed by atoms with E-state index in [1.54, 1.807) is 0 Å². The van der Waals surface area contributed by atoms with Crippen molar-refractivity contribution in [1.29, 1.82) is 0 Å². The van der Waals surface area contributed by atoms with Gasteiger partial charge in [0.25, 0.3) is 0 Å². The monoisotopic (exact) mass is 204 g/mol. The molecule has 0 aliphatic heterocycles. The topological polar surface area (TPSA) is 0 Å². The molecular formula is C15H24. The molecule has 0 unspecified atom stereocenters. The van der Waals surface area contributed by atoms with Crippen molar-refractivity contribution in [3.8, 4) is 0 Å². The van der Waals surface area contributed by atoms with E-state index >= 15 is 0 Å². The van der Waals surface area contributed by atoms with Gasteiger partial charge >= 0.3 is 0 Å². The maximum absolute atomic E-state index is 2.23. The molecule has 0 nitrogen and oxygen atoms in total. The van der Waals surface area contributed by atoms with Gasteiger partial charge in [0.05, 0.1) is 0 Å². The second-order valence-corrected chi connectivity index (χ2v) is 4.36. The lowest BCUT2D eigenvalue weighted by atomic mass is 10.1. The maximum Gasteiger partial charge on any atom is -0.0279 e. The van der Waals surface area contributed by atoms with Gasteiger partial charge in [0.1, 0.15) is 0 Å². The molecule has 0 aromatic heterocycles. The van der Waals surface area contributed by atoms with Crippen LogP contribution in [0, 0.1) is 0 Å². The van der Waals surface area contributed by atoms with Crippen LogP contribution < -0.4 is 0 Å². The van der Waals surface area contributed by atoms with Crippen LogP contribution in [0.2, 0.25) is 0 Å². The van der Waals surface area contributed by atoms with E-state index < -0.39 is 0 Å². The second-order valence-electron chi connectivity index (χ2n) is 4.36. The van der Waals surface area contributed by atoms with Crippen LogP contribution in [0.1, 0.15) is 57.4 Å². The molecule has 0 saturated heterocycles. The van der Waals surface area contributed by atoms with Gasteiger partial charge in [-0.15, -0.1) is 0 Å². The molecule has 1 aliphatic carbocycles. The highest BCUT2D eigenvalue weighted by Crippen LogP contribution is 2.15. The van der Waals surface area contributed by atoms with E-state index in [9.17, 15) is 0 Å². The molecule has 0 radical (unpaired) electrons. The molecule has 0 heterocycles. The molecule has 2 rings (SSSR count). The standard InChI is InChI=1S/C10H14.C5H10/c1-2-3-7-10-8-5-4-6-9-10;1-2-4-5-3-1/h4-6,8-9H,2-3,7H2,1H3;1-5H2. The van der Waals surface area contributed by atoms with Gasteiger partial charge in [-0.2, -0.15) is 0 Å². The summed E-state index contributed by atoms with van der Waals surface area (Å²) in [6, 6.07) is 10.6. The highest BCUT2D eigenvalue weighted by Gasteiger charge is 1.95. The van der Waals surface area contributed by atoms with Crippen molar-refractivity contribution in [2.24, 2.45) is 0 Å². The third-order valence-corrected chi connectivity index (χ3v) is 2.91. The van der Waals surface area contributed by atoms with Crippen molar-refractivity contribution in [2.75, 3.05) is 0 Å². The van der Waals surface area contributed by atoms with Crippen LogP contribution in [0.5, 0.6) is 0 Å². The summed E-state index contributed by atoms with van der Waals surface area (Å²) >= 11 is 0. The van der Waals surface area contributed by atoms with Crippen molar-refractivity contribution in [3.63, 3.8) is 0 Å². The molecule has 0 bridgehead atoms. The smallest absolute Gasteiger partial charge is 0.0279 e. The minimum Gasteiger partial charge on any atom is -0.0654 e. The first-order valence-electron chi connectivity index (χ1n) is 6.47. The zero-order valence-electron chi connectivity index (χ0n) is 10.0. The fraction of sp³-hybridized carbons (Fsp3) is 0.600. The van der Waals surface area contributed by atoms with Gasteiger partial charge in [0.2, 0.25) is 0 Å². The largest absolute Gasteiger partial charge is 0.0654 e. The van der Waals surface area contributed by atoms with Gasteiger partial charge in [-0.1, -0.05) is 75.8 Å². The Morgan fingerprint density at radius 2 is 1.40 bits per heavy atom. The lowest BCUT2D eigenvalue weighted by Gasteiger charge is -1.96. The number of rotatable bonds is 3. The minimum atomic E-state index is 1.23. The van der Waals surface area contributed by atoms with Crippen LogP contribution in [0.15, 0.2) is 30.3 Å². The van der Waals surface area contributed by atoms with Crippen LogP contribution in [-0.2, 0) is 6.42 Å². The molecule has 1 fully saturated rings. The average Bonchev–Trinajstić information content (AvgIpc) is 2.86. The molecule has 84 valence electrons. The SMILES string of the molecule is C1CCCC1.CCCCc1ccccc1. The quantitative estimate of drug-likeness (QED) is 0.651. The van der Waals surface area contributed by atoms with E-state index in [1.165, 1.54) is 56.9 Å². The Bertz CT molecular complexity index is 213. The van der Waals surface area contributed by atoms with Crippen molar-refractivity contribution >= 4 is 0 Å². The lowest BCUT2D eigenvalue weighted by Crippen LogP contribution is -1.81. The number of hydrogen-bond acceptors (Lipinski definition) is 0. The van der Waals surface area contributed by atoms with E-state index in [4.69, 9.17) is 0 Å². The molecule has 0 N–H and O–H groups in total. The van der Waals surface area contributed by atoms with Crippen molar-refractivity contribution in [1.82, 2.24) is 0 Å². The Balaban J connectivity index is 0.000000187. The predicted molar refractivity (Wildman–Crippen MR) is 68.1 cm³/mol. The van der Waals surface area contributed by atoms with Crippen LogP contribution in [-0.4, -0.2) is 0 Å². The molecule has 15 heavy (non-hydrogen) atoms. The zero-order chi connectivity index (χ0) is 10.8. The average molecular weight is 204 g/mol. The molecule has 0 amide bonds. The van der Waals surface area contributed by atoms with Crippen LogP contribution in [0.25, 0.3) is 0 Å². The molecule has 0 atom stereocenters. The second kappa shape index (κ2) is 8.52. The molecule has 1 aliphatic rings. The molecule has 0 spiro atoms. The summed E-state index contributed by atoms with van der Waals surface area (Å²) in [5.74, 6) is 0. The molecule has 0 heteroatoms. The Hall–Kier alpha value is -0.780. The summed E-state index contributed by atoms with van der Waals surface area (Å²) in [6.07, 6.45) is 11.3. The van der Waals surface area contributed by atoms with Crippen LogP contribution >= 0.6 is 0 Å². The number of hydrogen-bond donors (Lipinski definition) is 0. The molecule has 1 saturated carbocycles. The van der Waals surface area contributed by atoms with Crippen molar-refractivity contribution in [2.45, 2.75) is 58.3 Å². The molecule has 1 aromatic carbocycles. The summed E-state index contributed by atoms with van der Waals surface area (Å²) in [4.78, 5) is 0. The number of unbranched alkanes of at least 4 members (excludes halogenated alkanes) is 1. The van der Waals surface area contributed by atoms with E-state index in [1.807, 2.05) is 0 Å². The summed E-state index contributed by atoms with van der Waals surface area (Å²) in [5, 5.41) is 0. The third-order valence-electron chi connectivity index (χ3n) is 2.91. The van der Waals surface area contributed by atoms with Gasteiger partial charge in [-0.05, 0) is 18.4 Å². The van der Waals surface area contributed by atoms with Crippen molar-refractivity contribution < 1.29 is 0 Å². The van der Waals surface area contributed by atoms with E-state index in [2.05, 4.69) is 37.3 Å². The zero-order valence-corrected chi connectivity index (χ0v) is 10.0. The van der Waals surface area contributed by atoms with E-state index in [0.29, 0.717) is 0 Å². The van der Waals surface area contributed by atoms with Gasteiger partial charge in [0.15, 0.2) is 0 Å². The third kappa shape index (κ3) is 6.33. The Labute approximate surface area is 94.7 Å². The first kappa shape index (κ1) is 12.3. The minimum absolute atomic E-state index is 1.23. The molecule has 1 aromatic rings. The highest BCUT2D eigenvalue weighted by molar-refractivity contribution is 5.14. The summed E-state index contributed by atoms with van der Waals surface area (Å²) in [6.45, 7) is 2.23. The number of benzene rings is 1. The maximum atomic E-state index is 2.23. The number of aryl methyl sites for hydroxylation is 1. The van der Waals surface area contributed by atoms with E-state index in [-0.39, 0.29) is 0 Å². The van der Waals surface area contributed by atoms with Crippen molar-refractivity contribution in [3.05, 3.63) is 35.9 Å². The highest BCUT2D eigenvalue weighted by atomic mass is 14.0. The Morgan fingerprint density at radius 1 is 0.867 bits per heavy atom. The van der Waals surface area contributed by atoms with Gasteiger partial charge in [-0.25, -0.2) is 0 Å². The van der Waals surface area contributed by atoms with Crippen LogP contribution in [0.3, 0.4) is 0 Å². The Morgan fingerprint density at radius 3 is 1.87 bits per heavy atom. The van der Waals surface area contributed by atoms with Gasteiger partial charge in [-0.3, -0.25) is 0 Å². The molecular weight excluding hydrogens is 180 g/mol. The first-order valence-corrected chi connectivity index (χ1v) is 6.47. The fourth-order valence-electron chi connectivity index (χ4n) is 1.91.